The molecule has 0 unspecified atom stereocenters. The fraction of sp³-hybridized carbons (Fsp3) is 0.300. The molecule has 3 rings (SSSR count). The minimum Gasteiger partial charge on any atom is -0.453 e. The van der Waals surface area contributed by atoms with E-state index in [1.54, 1.807) is 6.07 Å². The number of para-hydroxylation sites is 2. The summed E-state index contributed by atoms with van der Waals surface area (Å²) in [6, 6.07) is 9.10. The molecule has 0 saturated carbocycles. The predicted octanol–water partition coefficient (Wildman–Crippen LogP) is 3.50. The van der Waals surface area contributed by atoms with Crippen LogP contribution in [0.2, 0.25) is 0 Å². The van der Waals surface area contributed by atoms with Gasteiger partial charge in [-0.2, -0.15) is 0 Å². The molecule has 0 N–H and O–H groups in total. The number of carbonyl (C=O) groups is 2. The Hall–Kier alpha value is -3.02. The maximum Gasteiger partial charge on any atom is 0.359 e. The molecule has 0 fully saturated rings. The summed E-state index contributed by atoms with van der Waals surface area (Å²) < 4.78 is 7.26. The zero-order chi connectivity index (χ0) is 18.7. The first-order valence-electron chi connectivity index (χ1n) is 8.60. The SMILES string of the molecule is CCCn1c(C)cc(C(=O)COC(=O)c2cnc3ccccc3n2)c1C. The lowest BCUT2D eigenvalue weighted by Crippen LogP contribution is -2.16. The summed E-state index contributed by atoms with van der Waals surface area (Å²) in [6.07, 6.45) is 2.35. The first kappa shape index (κ1) is 17.8. The molecule has 6 nitrogen and oxygen atoms in total. The summed E-state index contributed by atoms with van der Waals surface area (Å²) in [4.78, 5) is 33.1. The molecular weight excluding hydrogens is 330 g/mol. The molecule has 3 aromatic rings. The Morgan fingerprint density at radius 2 is 1.88 bits per heavy atom. The summed E-state index contributed by atoms with van der Waals surface area (Å²) in [5.41, 5.74) is 3.91. The molecule has 134 valence electrons. The molecule has 6 heteroatoms. The maximum absolute atomic E-state index is 12.5. The number of esters is 1. The standard InChI is InChI=1S/C20H21N3O3/c1-4-9-23-13(2)10-15(14(23)3)19(24)12-26-20(25)18-11-21-16-7-5-6-8-17(16)22-18/h5-8,10-11H,4,9,12H2,1-3H3. The zero-order valence-corrected chi connectivity index (χ0v) is 15.2. The Labute approximate surface area is 151 Å². The minimum atomic E-state index is -0.654. The number of rotatable bonds is 6. The topological polar surface area (TPSA) is 74.1 Å². The van der Waals surface area contributed by atoms with Crippen LogP contribution < -0.4 is 0 Å². The molecule has 0 aliphatic carbocycles. The smallest absolute Gasteiger partial charge is 0.359 e. The van der Waals surface area contributed by atoms with Gasteiger partial charge in [0.2, 0.25) is 5.78 Å². The quantitative estimate of drug-likeness (QED) is 0.502. The molecular formula is C20H21N3O3. The molecule has 0 saturated heterocycles. The van der Waals surface area contributed by atoms with E-state index in [1.807, 2.05) is 38.1 Å². The van der Waals surface area contributed by atoms with Crippen molar-refractivity contribution in [2.45, 2.75) is 33.7 Å². The van der Waals surface area contributed by atoms with Gasteiger partial charge in [-0.3, -0.25) is 9.78 Å². The summed E-state index contributed by atoms with van der Waals surface area (Å²) in [5, 5.41) is 0. The van der Waals surface area contributed by atoms with Crippen LogP contribution in [0, 0.1) is 13.8 Å². The van der Waals surface area contributed by atoms with E-state index in [0.717, 1.165) is 24.4 Å². The summed E-state index contributed by atoms with van der Waals surface area (Å²) in [7, 11) is 0. The third-order valence-corrected chi connectivity index (χ3v) is 4.31. The summed E-state index contributed by atoms with van der Waals surface area (Å²) >= 11 is 0. The highest BCUT2D eigenvalue weighted by atomic mass is 16.5. The molecule has 0 amide bonds. The van der Waals surface area contributed by atoms with Crippen LogP contribution in [0.3, 0.4) is 0 Å². The van der Waals surface area contributed by atoms with Crippen molar-refractivity contribution < 1.29 is 14.3 Å². The molecule has 2 heterocycles. The Balaban J connectivity index is 1.70. The van der Waals surface area contributed by atoms with E-state index in [2.05, 4.69) is 21.5 Å². The van der Waals surface area contributed by atoms with Gasteiger partial charge in [0.05, 0.1) is 17.2 Å². The van der Waals surface area contributed by atoms with Gasteiger partial charge in [0.15, 0.2) is 12.3 Å². The minimum absolute atomic E-state index is 0.0907. The average molecular weight is 351 g/mol. The lowest BCUT2D eigenvalue weighted by molar-refractivity contribution is 0.0468. The van der Waals surface area contributed by atoms with Gasteiger partial charge >= 0.3 is 5.97 Å². The van der Waals surface area contributed by atoms with Crippen molar-refractivity contribution in [3.8, 4) is 0 Å². The van der Waals surface area contributed by atoms with Crippen molar-refractivity contribution >= 4 is 22.8 Å². The number of hydrogen-bond donors (Lipinski definition) is 0. The number of ether oxygens (including phenoxy) is 1. The zero-order valence-electron chi connectivity index (χ0n) is 15.2. The maximum atomic E-state index is 12.5. The molecule has 0 spiro atoms. The molecule has 0 radical (unpaired) electrons. The van der Waals surface area contributed by atoms with Gasteiger partial charge in [0.1, 0.15) is 0 Å². The molecule has 1 aromatic carbocycles. The number of nitrogens with zero attached hydrogens (tertiary/aromatic N) is 3. The lowest BCUT2D eigenvalue weighted by Gasteiger charge is -2.08. The molecule has 26 heavy (non-hydrogen) atoms. The highest BCUT2D eigenvalue weighted by molar-refractivity contribution is 6.00. The van der Waals surface area contributed by atoms with Crippen molar-refractivity contribution in [2.75, 3.05) is 6.61 Å². The number of Topliss-reactive ketones (excluding diaryl/α,β-unsaturated/α-hetero) is 1. The van der Waals surface area contributed by atoms with Crippen LogP contribution in [0.5, 0.6) is 0 Å². The van der Waals surface area contributed by atoms with Crippen LogP contribution in [0.1, 0.15) is 45.6 Å². The molecule has 2 aromatic heterocycles. The highest BCUT2D eigenvalue weighted by Crippen LogP contribution is 2.17. The Morgan fingerprint density at radius 3 is 2.62 bits per heavy atom. The van der Waals surface area contributed by atoms with Gasteiger partial charge in [-0.1, -0.05) is 19.1 Å². The third-order valence-electron chi connectivity index (χ3n) is 4.31. The van der Waals surface area contributed by atoms with Gasteiger partial charge in [0, 0.05) is 23.5 Å². The van der Waals surface area contributed by atoms with Gasteiger partial charge in [-0.15, -0.1) is 0 Å². The van der Waals surface area contributed by atoms with E-state index < -0.39 is 5.97 Å². The second kappa shape index (κ2) is 7.47. The van der Waals surface area contributed by atoms with E-state index in [-0.39, 0.29) is 18.1 Å². The Morgan fingerprint density at radius 1 is 1.15 bits per heavy atom. The van der Waals surface area contributed by atoms with Crippen LogP contribution in [-0.2, 0) is 11.3 Å². The predicted molar refractivity (Wildman–Crippen MR) is 98.3 cm³/mol. The number of aryl methyl sites for hydroxylation is 1. The number of carbonyl (C=O) groups excluding carboxylic acids is 2. The van der Waals surface area contributed by atoms with Gasteiger partial charge in [0.25, 0.3) is 0 Å². The van der Waals surface area contributed by atoms with Crippen molar-refractivity contribution in [1.29, 1.82) is 0 Å². The van der Waals surface area contributed by atoms with Gasteiger partial charge in [-0.05, 0) is 38.5 Å². The summed E-state index contributed by atoms with van der Waals surface area (Å²) in [5.74, 6) is -0.874. The van der Waals surface area contributed by atoms with Crippen molar-refractivity contribution in [3.63, 3.8) is 0 Å². The van der Waals surface area contributed by atoms with E-state index >= 15 is 0 Å². The Bertz CT molecular complexity index is 976. The van der Waals surface area contributed by atoms with E-state index in [1.165, 1.54) is 6.20 Å². The van der Waals surface area contributed by atoms with Gasteiger partial charge < -0.3 is 9.30 Å². The monoisotopic (exact) mass is 351 g/mol. The van der Waals surface area contributed by atoms with Crippen molar-refractivity contribution in [3.05, 3.63) is 59.2 Å². The van der Waals surface area contributed by atoms with Crippen LogP contribution >= 0.6 is 0 Å². The van der Waals surface area contributed by atoms with Crippen LogP contribution in [0.25, 0.3) is 11.0 Å². The van der Waals surface area contributed by atoms with Crippen LogP contribution in [0.4, 0.5) is 0 Å². The van der Waals surface area contributed by atoms with Gasteiger partial charge in [-0.25, -0.2) is 9.78 Å². The largest absolute Gasteiger partial charge is 0.453 e. The molecule has 0 atom stereocenters. The second-order valence-corrected chi connectivity index (χ2v) is 6.18. The molecule has 0 bridgehead atoms. The molecule has 0 aliphatic heterocycles. The number of fused-ring (bicyclic) bond motifs is 1. The van der Waals surface area contributed by atoms with E-state index in [9.17, 15) is 9.59 Å². The third kappa shape index (κ3) is 3.49. The second-order valence-electron chi connectivity index (χ2n) is 6.18. The first-order valence-corrected chi connectivity index (χ1v) is 8.60. The van der Waals surface area contributed by atoms with E-state index in [0.29, 0.717) is 16.6 Å². The number of ketones is 1. The number of hydrogen-bond acceptors (Lipinski definition) is 5. The summed E-state index contributed by atoms with van der Waals surface area (Å²) in [6.45, 7) is 6.51. The molecule has 0 aliphatic rings. The van der Waals surface area contributed by atoms with Crippen molar-refractivity contribution in [1.82, 2.24) is 14.5 Å². The van der Waals surface area contributed by atoms with E-state index in [4.69, 9.17) is 4.74 Å². The Kier molecular flexibility index (Phi) is 5.11. The first-order chi connectivity index (χ1) is 12.5. The van der Waals surface area contributed by atoms with Crippen molar-refractivity contribution in [2.24, 2.45) is 0 Å². The lowest BCUT2D eigenvalue weighted by atomic mass is 10.1. The normalized spacial score (nSPS) is 10.9. The fourth-order valence-corrected chi connectivity index (χ4v) is 2.99. The average Bonchev–Trinajstić information content (AvgIpc) is 2.94. The number of benzene rings is 1. The van der Waals surface area contributed by atoms with Crippen LogP contribution in [-0.4, -0.2) is 32.9 Å². The highest BCUT2D eigenvalue weighted by Gasteiger charge is 2.18. The van der Waals surface area contributed by atoms with Crippen LogP contribution in [0.15, 0.2) is 36.5 Å². The fourth-order valence-electron chi connectivity index (χ4n) is 2.99. The number of aromatic nitrogens is 3.